The standard InChI is InChI=1S/C11H22N2O/c1-5-7-8-9-10(13-12)11(3,4)14-6-2/h10,13H,6,8-9,12H2,1-4H3. The van der Waals surface area contributed by atoms with E-state index in [-0.39, 0.29) is 11.6 Å². The number of hydrazine groups is 1. The zero-order valence-corrected chi connectivity index (χ0v) is 9.68. The summed E-state index contributed by atoms with van der Waals surface area (Å²) in [5.41, 5.74) is 2.56. The summed E-state index contributed by atoms with van der Waals surface area (Å²) < 4.78 is 5.62. The lowest BCUT2D eigenvalue weighted by Crippen LogP contribution is -2.51. The summed E-state index contributed by atoms with van der Waals surface area (Å²) >= 11 is 0. The molecule has 0 aliphatic rings. The van der Waals surface area contributed by atoms with Crippen LogP contribution in [0.4, 0.5) is 0 Å². The Hall–Kier alpha value is -0.560. The molecule has 0 aliphatic heterocycles. The average Bonchev–Trinajstić information content (AvgIpc) is 2.12. The molecular formula is C11H22N2O. The van der Waals surface area contributed by atoms with Crippen LogP contribution in [-0.4, -0.2) is 18.2 Å². The Morgan fingerprint density at radius 1 is 1.50 bits per heavy atom. The van der Waals surface area contributed by atoms with Gasteiger partial charge in [0, 0.05) is 13.0 Å². The first-order valence-corrected chi connectivity index (χ1v) is 5.08. The van der Waals surface area contributed by atoms with Crippen LogP contribution in [0.25, 0.3) is 0 Å². The van der Waals surface area contributed by atoms with Gasteiger partial charge in [-0.1, -0.05) is 0 Å². The van der Waals surface area contributed by atoms with E-state index in [2.05, 4.69) is 17.3 Å². The number of nitrogens with one attached hydrogen (secondary N) is 1. The molecular weight excluding hydrogens is 176 g/mol. The van der Waals surface area contributed by atoms with Crippen LogP contribution >= 0.6 is 0 Å². The molecule has 82 valence electrons. The highest BCUT2D eigenvalue weighted by Gasteiger charge is 2.28. The summed E-state index contributed by atoms with van der Waals surface area (Å²) in [6.07, 6.45) is 1.76. The van der Waals surface area contributed by atoms with Gasteiger partial charge in [-0.2, -0.15) is 0 Å². The van der Waals surface area contributed by atoms with Crippen LogP contribution in [0, 0.1) is 11.8 Å². The van der Waals surface area contributed by atoms with Crippen LogP contribution < -0.4 is 11.3 Å². The van der Waals surface area contributed by atoms with Crippen LogP contribution in [0.3, 0.4) is 0 Å². The third-order valence-corrected chi connectivity index (χ3v) is 2.29. The van der Waals surface area contributed by atoms with E-state index in [0.717, 1.165) is 12.8 Å². The van der Waals surface area contributed by atoms with Gasteiger partial charge in [0.05, 0.1) is 11.6 Å². The second kappa shape index (κ2) is 6.83. The highest BCUT2D eigenvalue weighted by atomic mass is 16.5. The van der Waals surface area contributed by atoms with E-state index < -0.39 is 0 Å². The molecule has 1 unspecified atom stereocenters. The van der Waals surface area contributed by atoms with E-state index >= 15 is 0 Å². The quantitative estimate of drug-likeness (QED) is 0.386. The molecule has 0 saturated carbocycles. The predicted octanol–water partition coefficient (Wildman–Crippen LogP) is 1.44. The van der Waals surface area contributed by atoms with Crippen molar-refractivity contribution in [2.75, 3.05) is 6.61 Å². The molecule has 0 rings (SSSR count). The van der Waals surface area contributed by atoms with E-state index in [0.29, 0.717) is 6.61 Å². The number of ether oxygens (including phenoxy) is 1. The molecule has 0 aromatic rings. The fraction of sp³-hybridized carbons (Fsp3) is 0.818. The van der Waals surface area contributed by atoms with Gasteiger partial charge in [-0.3, -0.25) is 11.3 Å². The number of hydrogen-bond acceptors (Lipinski definition) is 3. The smallest absolute Gasteiger partial charge is 0.0792 e. The maximum atomic E-state index is 5.62. The largest absolute Gasteiger partial charge is 0.374 e. The molecule has 0 aromatic heterocycles. The Morgan fingerprint density at radius 2 is 2.14 bits per heavy atom. The minimum atomic E-state index is -0.237. The Labute approximate surface area is 87.4 Å². The van der Waals surface area contributed by atoms with Gasteiger partial charge in [-0.05, 0) is 34.1 Å². The number of nitrogens with two attached hydrogens (primary N) is 1. The van der Waals surface area contributed by atoms with Gasteiger partial charge in [-0.15, -0.1) is 11.8 Å². The molecule has 3 nitrogen and oxygen atoms in total. The molecule has 14 heavy (non-hydrogen) atoms. The highest BCUT2D eigenvalue weighted by molar-refractivity contribution is 4.97. The van der Waals surface area contributed by atoms with Gasteiger partial charge in [0.15, 0.2) is 0 Å². The molecule has 3 heteroatoms. The minimum absolute atomic E-state index is 0.142. The zero-order chi connectivity index (χ0) is 11.0. The number of hydrogen-bond donors (Lipinski definition) is 2. The molecule has 0 aromatic carbocycles. The van der Waals surface area contributed by atoms with Gasteiger partial charge < -0.3 is 4.74 Å². The molecule has 0 radical (unpaired) electrons. The van der Waals surface area contributed by atoms with E-state index in [9.17, 15) is 0 Å². The van der Waals surface area contributed by atoms with Crippen molar-refractivity contribution in [1.29, 1.82) is 0 Å². The van der Waals surface area contributed by atoms with E-state index in [1.54, 1.807) is 0 Å². The Kier molecular flexibility index (Phi) is 6.56. The van der Waals surface area contributed by atoms with Crippen molar-refractivity contribution in [3.63, 3.8) is 0 Å². The van der Waals surface area contributed by atoms with Crippen molar-refractivity contribution >= 4 is 0 Å². The summed E-state index contributed by atoms with van der Waals surface area (Å²) in [7, 11) is 0. The van der Waals surface area contributed by atoms with Gasteiger partial charge in [0.2, 0.25) is 0 Å². The van der Waals surface area contributed by atoms with Gasteiger partial charge in [-0.25, -0.2) is 0 Å². The first kappa shape index (κ1) is 13.4. The van der Waals surface area contributed by atoms with Gasteiger partial charge in [0.1, 0.15) is 0 Å². The van der Waals surface area contributed by atoms with Gasteiger partial charge in [0.25, 0.3) is 0 Å². The summed E-state index contributed by atoms with van der Waals surface area (Å²) in [4.78, 5) is 0. The van der Waals surface area contributed by atoms with E-state index in [1.165, 1.54) is 0 Å². The molecule has 0 aliphatic carbocycles. The zero-order valence-electron chi connectivity index (χ0n) is 9.68. The monoisotopic (exact) mass is 198 g/mol. The maximum Gasteiger partial charge on any atom is 0.0792 e. The molecule has 0 heterocycles. The molecule has 1 atom stereocenters. The molecule has 0 fully saturated rings. The molecule has 0 spiro atoms. The minimum Gasteiger partial charge on any atom is -0.374 e. The summed E-state index contributed by atoms with van der Waals surface area (Å²) in [5, 5.41) is 0. The fourth-order valence-electron chi connectivity index (χ4n) is 1.45. The first-order valence-electron chi connectivity index (χ1n) is 5.08. The Bertz CT molecular complexity index is 203. The van der Waals surface area contributed by atoms with Crippen molar-refractivity contribution < 1.29 is 4.74 Å². The summed E-state index contributed by atoms with van der Waals surface area (Å²) in [5.74, 6) is 11.4. The molecule has 0 amide bonds. The summed E-state index contributed by atoms with van der Waals surface area (Å²) in [6.45, 7) is 8.62. The second-order valence-electron chi connectivity index (χ2n) is 3.72. The van der Waals surface area contributed by atoms with Crippen LogP contribution in [0.2, 0.25) is 0 Å². The lowest BCUT2D eigenvalue weighted by atomic mass is 9.95. The Morgan fingerprint density at radius 3 is 2.57 bits per heavy atom. The predicted molar refractivity (Wildman–Crippen MR) is 59.5 cm³/mol. The van der Waals surface area contributed by atoms with Crippen molar-refractivity contribution in [2.24, 2.45) is 5.84 Å². The normalized spacial score (nSPS) is 13.2. The Balaban J connectivity index is 4.14. The third kappa shape index (κ3) is 4.61. The van der Waals surface area contributed by atoms with Crippen molar-refractivity contribution in [3.8, 4) is 11.8 Å². The molecule has 0 bridgehead atoms. The average molecular weight is 198 g/mol. The third-order valence-electron chi connectivity index (χ3n) is 2.29. The molecule has 0 saturated heterocycles. The van der Waals surface area contributed by atoms with Crippen LogP contribution in [-0.2, 0) is 4.74 Å². The lowest BCUT2D eigenvalue weighted by molar-refractivity contribution is -0.0398. The van der Waals surface area contributed by atoms with Crippen molar-refractivity contribution in [2.45, 2.75) is 52.2 Å². The fourth-order valence-corrected chi connectivity index (χ4v) is 1.45. The molecule has 3 N–H and O–H groups in total. The lowest BCUT2D eigenvalue weighted by Gasteiger charge is -2.33. The number of rotatable bonds is 6. The highest BCUT2D eigenvalue weighted by Crippen LogP contribution is 2.17. The first-order chi connectivity index (χ1) is 6.58. The van der Waals surface area contributed by atoms with Gasteiger partial charge >= 0.3 is 0 Å². The van der Waals surface area contributed by atoms with Crippen molar-refractivity contribution in [1.82, 2.24) is 5.43 Å². The van der Waals surface area contributed by atoms with Crippen LogP contribution in [0.1, 0.15) is 40.5 Å². The van der Waals surface area contributed by atoms with Crippen LogP contribution in [0.15, 0.2) is 0 Å². The summed E-state index contributed by atoms with van der Waals surface area (Å²) in [6, 6.07) is 0.142. The van der Waals surface area contributed by atoms with Crippen molar-refractivity contribution in [3.05, 3.63) is 0 Å². The van der Waals surface area contributed by atoms with Crippen LogP contribution in [0.5, 0.6) is 0 Å². The topological polar surface area (TPSA) is 47.3 Å². The van der Waals surface area contributed by atoms with E-state index in [1.807, 2.05) is 27.7 Å². The van der Waals surface area contributed by atoms with E-state index in [4.69, 9.17) is 10.6 Å². The SMILES string of the molecule is CC#CCCC(NN)C(C)(C)OCC. The second-order valence-corrected chi connectivity index (χ2v) is 3.72. The maximum absolute atomic E-state index is 5.62.